The van der Waals surface area contributed by atoms with Crippen LogP contribution in [0.5, 0.6) is 0 Å². The number of carbonyl (C=O) groups excluding carboxylic acids is 1. The van der Waals surface area contributed by atoms with Gasteiger partial charge < -0.3 is 9.88 Å². The monoisotopic (exact) mass is 376 g/mol. The van der Waals surface area contributed by atoms with Gasteiger partial charge in [0.05, 0.1) is 0 Å². The van der Waals surface area contributed by atoms with E-state index in [1.807, 2.05) is 31.2 Å². The highest BCUT2D eigenvalue weighted by molar-refractivity contribution is 6.04. The summed E-state index contributed by atoms with van der Waals surface area (Å²) < 4.78 is 15.4. The zero-order valence-electron chi connectivity index (χ0n) is 16.4. The van der Waals surface area contributed by atoms with Gasteiger partial charge in [0, 0.05) is 17.9 Å². The van der Waals surface area contributed by atoms with Crippen LogP contribution in [0.2, 0.25) is 0 Å². The van der Waals surface area contributed by atoms with Crippen LogP contribution in [0.15, 0.2) is 48.5 Å². The van der Waals surface area contributed by atoms with Crippen LogP contribution in [-0.4, -0.2) is 10.5 Å². The number of benzene rings is 2. The highest BCUT2D eigenvalue weighted by Gasteiger charge is 2.26. The smallest absolute Gasteiger partial charge is 0.272 e. The first-order valence-electron chi connectivity index (χ1n) is 9.86. The molecule has 28 heavy (non-hydrogen) atoms. The average molecular weight is 376 g/mol. The second-order valence-electron chi connectivity index (χ2n) is 7.64. The van der Waals surface area contributed by atoms with Gasteiger partial charge in [-0.1, -0.05) is 29.8 Å². The maximum absolute atomic E-state index is 13.3. The summed E-state index contributed by atoms with van der Waals surface area (Å²) in [7, 11) is 0. The minimum Gasteiger partial charge on any atom is -0.336 e. The van der Waals surface area contributed by atoms with E-state index in [1.54, 1.807) is 12.1 Å². The number of aryl methyl sites for hydroxylation is 1. The lowest BCUT2D eigenvalue weighted by Crippen LogP contribution is -2.20. The Bertz CT molecular complexity index is 1000. The normalized spacial score (nSPS) is 13.2. The first kappa shape index (κ1) is 18.5. The molecule has 0 aliphatic heterocycles. The summed E-state index contributed by atoms with van der Waals surface area (Å²) in [6, 6.07) is 14.4. The molecule has 3 aromatic rings. The van der Waals surface area contributed by atoms with Crippen LogP contribution in [0, 0.1) is 19.7 Å². The average Bonchev–Trinajstić information content (AvgIpc) is 2.98. The van der Waals surface area contributed by atoms with E-state index in [4.69, 9.17) is 0 Å². The summed E-state index contributed by atoms with van der Waals surface area (Å²) in [6.07, 6.45) is 4.30. The Hall–Kier alpha value is -2.88. The van der Waals surface area contributed by atoms with Crippen molar-refractivity contribution < 1.29 is 9.18 Å². The molecule has 4 heteroatoms. The molecule has 0 atom stereocenters. The molecule has 1 heterocycles. The van der Waals surface area contributed by atoms with Crippen LogP contribution < -0.4 is 5.32 Å². The van der Waals surface area contributed by atoms with Gasteiger partial charge in [0.25, 0.3) is 5.91 Å². The van der Waals surface area contributed by atoms with Crippen LogP contribution >= 0.6 is 0 Å². The summed E-state index contributed by atoms with van der Waals surface area (Å²) in [6.45, 7) is 4.65. The second-order valence-corrected chi connectivity index (χ2v) is 7.64. The molecule has 1 aliphatic rings. The number of amides is 1. The molecule has 0 fully saturated rings. The summed E-state index contributed by atoms with van der Waals surface area (Å²) in [5.74, 6) is -0.329. The third-order valence-corrected chi connectivity index (χ3v) is 5.62. The zero-order valence-corrected chi connectivity index (χ0v) is 16.4. The molecule has 0 spiro atoms. The van der Waals surface area contributed by atoms with E-state index in [0.717, 1.165) is 53.8 Å². The summed E-state index contributed by atoms with van der Waals surface area (Å²) >= 11 is 0. The predicted octanol–water partition coefficient (Wildman–Crippen LogP) is 5.42. The van der Waals surface area contributed by atoms with Crippen LogP contribution in [-0.2, 0) is 19.4 Å². The molecule has 1 aliphatic carbocycles. The molecule has 1 aromatic heterocycles. The van der Waals surface area contributed by atoms with Crippen molar-refractivity contribution in [3.8, 4) is 0 Å². The lowest BCUT2D eigenvalue weighted by molar-refractivity contribution is 0.101. The third kappa shape index (κ3) is 3.59. The van der Waals surface area contributed by atoms with Gasteiger partial charge in [-0.25, -0.2) is 4.39 Å². The van der Waals surface area contributed by atoms with Gasteiger partial charge in [0.2, 0.25) is 0 Å². The number of anilines is 1. The van der Waals surface area contributed by atoms with E-state index >= 15 is 0 Å². The standard InChI is InChI=1S/C24H25FN2O/c1-16-7-13-20(14-8-16)26-24(28)23-17(2)21-5-3-4-6-22(21)27(23)15-18-9-11-19(25)12-10-18/h7-14H,3-6,15H2,1-2H3,(H,26,28). The Labute approximate surface area is 165 Å². The molecule has 2 aromatic carbocycles. The Balaban J connectivity index is 1.72. The van der Waals surface area contributed by atoms with Gasteiger partial charge in [0.15, 0.2) is 0 Å². The van der Waals surface area contributed by atoms with Crippen molar-refractivity contribution >= 4 is 11.6 Å². The minimum atomic E-state index is -0.244. The lowest BCUT2D eigenvalue weighted by atomic mass is 9.95. The Morgan fingerprint density at radius 1 is 1.00 bits per heavy atom. The van der Waals surface area contributed by atoms with Crippen LogP contribution in [0.25, 0.3) is 0 Å². The maximum atomic E-state index is 13.3. The molecule has 0 saturated carbocycles. The molecule has 144 valence electrons. The summed E-state index contributed by atoms with van der Waals surface area (Å²) in [5, 5.41) is 3.05. The fraction of sp³-hybridized carbons (Fsp3) is 0.292. The number of nitrogens with one attached hydrogen (secondary N) is 1. The largest absolute Gasteiger partial charge is 0.336 e. The molecule has 0 saturated heterocycles. The van der Waals surface area contributed by atoms with Crippen LogP contribution in [0.3, 0.4) is 0 Å². The SMILES string of the molecule is Cc1ccc(NC(=O)c2c(C)c3c(n2Cc2ccc(F)cc2)CCCC3)cc1. The Morgan fingerprint density at radius 2 is 1.68 bits per heavy atom. The third-order valence-electron chi connectivity index (χ3n) is 5.62. The van der Waals surface area contributed by atoms with Crippen molar-refractivity contribution in [3.05, 3.63) is 88.0 Å². The molecule has 1 N–H and O–H groups in total. The van der Waals surface area contributed by atoms with Crippen LogP contribution in [0.1, 0.15) is 51.3 Å². The van der Waals surface area contributed by atoms with E-state index in [1.165, 1.54) is 23.4 Å². The summed E-state index contributed by atoms with van der Waals surface area (Å²) in [5.41, 5.74) is 7.30. The van der Waals surface area contributed by atoms with Crippen LogP contribution in [0.4, 0.5) is 10.1 Å². The number of aromatic nitrogens is 1. The zero-order chi connectivity index (χ0) is 19.7. The second kappa shape index (κ2) is 7.63. The number of hydrogen-bond acceptors (Lipinski definition) is 1. The topological polar surface area (TPSA) is 34.0 Å². The van der Waals surface area contributed by atoms with Gasteiger partial charge in [-0.3, -0.25) is 4.79 Å². The molecule has 0 radical (unpaired) electrons. The molecule has 4 rings (SSSR count). The summed E-state index contributed by atoms with van der Waals surface area (Å²) in [4.78, 5) is 13.2. The maximum Gasteiger partial charge on any atom is 0.272 e. The predicted molar refractivity (Wildman–Crippen MR) is 110 cm³/mol. The first-order chi connectivity index (χ1) is 13.5. The number of carbonyl (C=O) groups is 1. The van der Waals surface area contributed by atoms with Crippen molar-refractivity contribution in [2.45, 2.75) is 46.1 Å². The van der Waals surface area contributed by atoms with E-state index in [0.29, 0.717) is 6.54 Å². The Morgan fingerprint density at radius 3 is 2.39 bits per heavy atom. The van der Waals surface area contributed by atoms with Gasteiger partial charge in [-0.2, -0.15) is 0 Å². The minimum absolute atomic E-state index is 0.0853. The number of halogens is 1. The molecular weight excluding hydrogens is 351 g/mol. The van der Waals surface area contributed by atoms with E-state index in [2.05, 4.69) is 16.8 Å². The lowest BCUT2D eigenvalue weighted by Gasteiger charge is -2.17. The first-order valence-corrected chi connectivity index (χ1v) is 9.86. The number of hydrogen-bond donors (Lipinski definition) is 1. The van der Waals surface area contributed by atoms with Gasteiger partial charge in [-0.15, -0.1) is 0 Å². The van der Waals surface area contributed by atoms with E-state index in [-0.39, 0.29) is 11.7 Å². The quantitative estimate of drug-likeness (QED) is 0.648. The molecule has 3 nitrogen and oxygen atoms in total. The van der Waals surface area contributed by atoms with Crippen molar-refractivity contribution in [2.24, 2.45) is 0 Å². The van der Waals surface area contributed by atoms with Crippen molar-refractivity contribution in [1.82, 2.24) is 4.57 Å². The van der Waals surface area contributed by atoms with Gasteiger partial charge in [-0.05, 0) is 80.5 Å². The molecular formula is C24H25FN2O. The molecule has 0 unspecified atom stereocenters. The van der Waals surface area contributed by atoms with E-state index in [9.17, 15) is 9.18 Å². The van der Waals surface area contributed by atoms with Crippen molar-refractivity contribution in [3.63, 3.8) is 0 Å². The number of fused-ring (bicyclic) bond motifs is 1. The molecule has 0 bridgehead atoms. The number of rotatable bonds is 4. The number of nitrogens with zero attached hydrogens (tertiary/aromatic N) is 1. The molecule has 1 amide bonds. The highest BCUT2D eigenvalue weighted by Crippen LogP contribution is 2.31. The fourth-order valence-electron chi connectivity index (χ4n) is 4.14. The Kier molecular flexibility index (Phi) is 5.03. The van der Waals surface area contributed by atoms with Gasteiger partial charge >= 0.3 is 0 Å². The van der Waals surface area contributed by atoms with E-state index < -0.39 is 0 Å². The van der Waals surface area contributed by atoms with Crippen molar-refractivity contribution in [1.29, 1.82) is 0 Å². The highest BCUT2D eigenvalue weighted by atomic mass is 19.1. The fourth-order valence-corrected chi connectivity index (χ4v) is 4.14. The van der Waals surface area contributed by atoms with Crippen molar-refractivity contribution in [2.75, 3.05) is 5.32 Å². The van der Waals surface area contributed by atoms with Gasteiger partial charge in [0.1, 0.15) is 11.5 Å².